The van der Waals surface area contributed by atoms with Crippen LogP contribution < -0.4 is 0 Å². The highest BCUT2D eigenvalue weighted by molar-refractivity contribution is 6.04. The lowest BCUT2D eigenvalue weighted by Crippen LogP contribution is -2.60. The summed E-state index contributed by atoms with van der Waals surface area (Å²) < 4.78 is 7.15. The number of fused-ring (bicyclic) bond motifs is 5. The predicted octanol–water partition coefficient (Wildman–Crippen LogP) is 5.98. The fourth-order valence-corrected chi connectivity index (χ4v) is 9.36. The zero-order valence-corrected chi connectivity index (χ0v) is 25.9. The maximum Gasteiger partial charge on any atom is 0.190 e. The Balaban J connectivity index is 1.38. The summed E-state index contributed by atoms with van der Waals surface area (Å²) >= 11 is 0. The highest BCUT2D eigenvalue weighted by atomic mass is 16.5. The zero-order chi connectivity index (χ0) is 31.1. The van der Waals surface area contributed by atoms with E-state index in [1.807, 2.05) is 67.6 Å². The third-order valence-electron chi connectivity index (χ3n) is 11.7. The highest BCUT2D eigenvalue weighted by Crippen LogP contribution is 2.75. The molecule has 7 rings (SSSR count). The number of Topliss-reactive ketones (excluding diaryl/α,β-unsaturated/α-hetero) is 1. The Labute approximate surface area is 259 Å². The summed E-state index contributed by atoms with van der Waals surface area (Å²) in [6.07, 6.45) is 4.30. The lowest BCUT2D eigenvalue weighted by atomic mass is 9.60. The van der Waals surface area contributed by atoms with E-state index in [0.29, 0.717) is 12.0 Å². The molecule has 7 atom stereocenters. The minimum absolute atomic E-state index is 0.0515. The molecule has 0 unspecified atom stereocenters. The van der Waals surface area contributed by atoms with Gasteiger partial charge in [0.25, 0.3) is 0 Å². The summed E-state index contributed by atoms with van der Waals surface area (Å²) in [4.78, 5) is 13.7. The van der Waals surface area contributed by atoms with E-state index in [2.05, 4.69) is 50.2 Å². The first-order valence-corrected chi connectivity index (χ1v) is 15.8. The fourth-order valence-electron chi connectivity index (χ4n) is 9.36. The molecule has 0 amide bonds. The second-order valence-corrected chi connectivity index (χ2v) is 14.3. The van der Waals surface area contributed by atoms with E-state index in [-0.39, 0.29) is 30.6 Å². The van der Waals surface area contributed by atoms with Crippen molar-refractivity contribution in [1.29, 1.82) is 0 Å². The van der Waals surface area contributed by atoms with E-state index in [1.54, 1.807) is 13.0 Å². The second kappa shape index (κ2) is 9.82. The first-order chi connectivity index (χ1) is 20.9. The molecule has 4 aliphatic rings. The van der Waals surface area contributed by atoms with Gasteiger partial charge in [-0.3, -0.25) is 4.79 Å². The number of rotatable bonds is 6. The van der Waals surface area contributed by atoms with Crippen LogP contribution in [0.25, 0.3) is 0 Å². The molecule has 5 nitrogen and oxygen atoms in total. The van der Waals surface area contributed by atoms with Crippen molar-refractivity contribution in [3.05, 3.63) is 131 Å². The van der Waals surface area contributed by atoms with Gasteiger partial charge < -0.3 is 20.1 Å². The van der Waals surface area contributed by atoms with Gasteiger partial charge in [0.05, 0.1) is 17.8 Å². The van der Waals surface area contributed by atoms with Crippen LogP contribution in [0.3, 0.4) is 0 Å². The second-order valence-electron chi connectivity index (χ2n) is 14.3. The molecule has 0 spiro atoms. The van der Waals surface area contributed by atoms with Crippen LogP contribution in [0, 0.1) is 29.1 Å². The Hall–Kier alpha value is -3.35. The van der Waals surface area contributed by atoms with Gasteiger partial charge in [0, 0.05) is 29.6 Å². The SMILES string of the molecule is CC1=C[C@H]2[C@@]3(O)[C@H](C)C[C@]4(O)[C@H]([C@@H]3C=C(COC(c3ccccc3)(c3ccccc3)c3ccccc3)C[C@]2(O)C1=O)C4(C)C. The summed E-state index contributed by atoms with van der Waals surface area (Å²) in [6, 6.07) is 30.3. The van der Waals surface area contributed by atoms with Crippen LogP contribution in [0.5, 0.6) is 0 Å². The average Bonchev–Trinajstić information content (AvgIpc) is 3.40. The first kappa shape index (κ1) is 29.4. The van der Waals surface area contributed by atoms with E-state index in [1.165, 1.54) is 0 Å². The van der Waals surface area contributed by atoms with Gasteiger partial charge in [-0.1, -0.05) is 124 Å². The van der Waals surface area contributed by atoms with Gasteiger partial charge in [0.1, 0.15) is 11.2 Å². The molecule has 3 N–H and O–H groups in total. The predicted molar refractivity (Wildman–Crippen MR) is 170 cm³/mol. The Morgan fingerprint density at radius 3 is 1.82 bits per heavy atom. The lowest BCUT2D eigenvalue weighted by molar-refractivity contribution is -0.177. The van der Waals surface area contributed by atoms with Crippen molar-refractivity contribution in [3.63, 3.8) is 0 Å². The van der Waals surface area contributed by atoms with E-state index >= 15 is 0 Å². The number of benzene rings is 3. The normalized spacial score (nSPS) is 35.5. The number of hydrogen-bond donors (Lipinski definition) is 3. The topological polar surface area (TPSA) is 87.0 Å². The largest absolute Gasteiger partial charge is 0.389 e. The van der Waals surface area contributed by atoms with E-state index in [9.17, 15) is 20.1 Å². The number of carbonyl (C=O) groups is 1. The monoisotopic (exact) mass is 590 g/mol. The molecule has 0 aromatic heterocycles. The Kier molecular flexibility index (Phi) is 6.56. The average molecular weight is 591 g/mol. The van der Waals surface area contributed by atoms with Gasteiger partial charge in [0.2, 0.25) is 0 Å². The van der Waals surface area contributed by atoms with Crippen molar-refractivity contribution in [2.45, 2.75) is 62.9 Å². The molecule has 0 radical (unpaired) electrons. The third kappa shape index (κ3) is 3.83. The number of carbonyl (C=O) groups excluding carboxylic acids is 1. The molecule has 228 valence electrons. The smallest absolute Gasteiger partial charge is 0.190 e. The van der Waals surface area contributed by atoms with Gasteiger partial charge in [-0.2, -0.15) is 0 Å². The molecule has 0 aliphatic heterocycles. The van der Waals surface area contributed by atoms with Gasteiger partial charge in [0.15, 0.2) is 5.78 Å². The standard InChI is InChI=1S/C39H42O5/c1-25-20-32-36(41,34(25)40)23-27(21-31-33-35(3,4)37(33,42)22-26(2)38(31,32)43)24-44-39(28-14-8-5-9-15-28,29-16-10-6-11-17-29)30-18-12-7-13-19-30/h5-21,26,31-33,41-43H,22-24H2,1-4H3/t26-,31+,32-,33-,36-,37+,38-/m1/s1. The van der Waals surface area contributed by atoms with Crippen molar-refractivity contribution in [2.75, 3.05) is 6.61 Å². The van der Waals surface area contributed by atoms with Crippen LogP contribution in [0.1, 0.15) is 57.2 Å². The Bertz CT molecular complexity index is 1550. The van der Waals surface area contributed by atoms with Gasteiger partial charge in [-0.25, -0.2) is 0 Å². The molecule has 4 aliphatic carbocycles. The first-order valence-electron chi connectivity index (χ1n) is 15.8. The van der Waals surface area contributed by atoms with Crippen molar-refractivity contribution in [2.24, 2.45) is 29.1 Å². The molecule has 3 aromatic carbocycles. The van der Waals surface area contributed by atoms with Crippen molar-refractivity contribution >= 4 is 5.78 Å². The molecule has 2 saturated carbocycles. The van der Waals surface area contributed by atoms with E-state index in [0.717, 1.165) is 22.3 Å². The van der Waals surface area contributed by atoms with Gasteiger partial charge in [-0.15, -0.1) is 0 Å². The summed E-state index contributed by atoms with van der Waals surface area (Å²) in [5, 5.41) is 36.7. The summed E-state index contributed by atoms with van der Waals surface area (Å²) in [6.45, 7) is 7.91. The minimum atomic E-state index is -1.79. The Morgan fingerprint density at radius 1 is 0.818 bits per heavy atom. The van der Waals surface area contributed by atoms with Crippen LogP contribution in [0.2, 0.25) is 0 Å². The highest BCUT2D eigenvalue weighted by Gasteiger charge is 2.80. The van der Waals surface area contributed by atoms with Crippen molar-refractivity contribution in [1.82, 2.24) is 0 Å². The molecule has 0 saturated heterocycles. The van der Waals surface area contributed by atoms with Crippen LogP contribution >= 0.6 is 0 Å². The summed E-state index contributed by atoms with van der Waals surface area (Å²) in [7, 11) is 0. The van der Waals surface area contributed by atoms with Crippen molar-refractivity contribution < 1.29 is 24.9 Å². The number of aliphatic hydroxyl groups is 3. The minimum Gasteiger partial charge on any atom is -0.389 e. The van der Waals surface area contributed by atoms with Gasteiger partial charge >= 0.3 is 0 Å². The van der Waals surface area contributed by atoms with Crippen LogP contribution in [-0.2, 0) is 15.1 Å². The molecule has 5 heteroatoms. The molecular formula is C39H42O5. The molecule has 3 aromatic rings. The molecule has 0 heterocycles. The zero-order valence-electron chi connectivity index (χ0n) is 25.9. The number of ketones is 1. The molecular weight excluding hydrogens is 548 g/mol. The van der Waals surface area contributed by atoms with Crippen molar-refractivity contribution in [3.8, 4) is 0 Å². The van der Waals surface area contributed by atoms with Crippen LogP contribution in [0.4, 0.5) is 0 Å². The van der Waals surface area contributed by atoms with Gasteiger partial charge in [-0.05, 0) is 47.1 Å². The maximum absolute atomic E-state index is 13.7. The molecule has 44 heavy (non-hydrogen) atoms. The third-order valence-corrected chi connectivity index (χ3v) is 11.7. The lowest BCUT2D eigenvalue weighted by Gasteiger charge is -2.50. The number of hydrogen-bond acceptors (Lipinski definition) is 5. The Morgan fingerprint density at radius 2 is 1.32 bits per heavy atom. The summed E-state index contributed by atoms with van der Waals surface area (Å²) in [5.41, 5.74) is -1.41. The van der Waals surface area contributed by atoms with E-state index in [4.69, 9.17) is 4.74 Å². The van der Waals surface area contributed by atoms with Crippen LogP contribution in [-0.4, -0.2) is 44.5 Å². The molecule has 0 bridgehead atoms. The molecule has 2 fully saturated rings. The summed E-state index contributed by atoms with van der Waals surface area (Å²) in [5.74, 6) is -2.13. The van der Waals surface area contributed by atoms with Crippen LogP contribution in [0.15, 0.2) is 114 Å². The van der Waals surface area contributed by atoms with E-state index < -0.39 is 39.7 Å². The quantitative estimate of drug-likeness (QED) is 0.243. The maximum atomic E-state index is 13.7. The fraction of sp³-hybridized carbons (Fsp3) is 0.410. The number of ether oxygens (including phenoxy) is 1.